The Morgan fingerprint density at radius 2 is 0.527 bits per heavy atom. The number of unbranched alkanes of at least 4 members (excludes halogenated alkanes) is 29. The van der Waals surface area contributed by atoms with Gasteiger partial charge in [0.05, 0.1) is 0 Å². The molecule has 424 valence electrons. The largest absolute Gasteiger partial charge is 0.462 e. The molecule has 0 aliphatic carbocycles. The van der Waals surface area contributed by atoms with Gasteiger partial charge in [0.25, 0.3) is 0 Å². The van der Waals surface area contributed by atoms with Crippen LogP contribution in [-0.4, -0.2) is 37.2 Å². The van der Waals surface area contributed by atoms with Crippen LogP contribution in [-0.2, 0) is 28.6 Å². The summed E-state index contributed by atoms with van der Waals surface area (Å²) in [4.78, 5) is 38.0. The maximum Gasteiger partial charge on any atom is 0.306 e. The molecule has 0 aromatic heterocycles. The maximum absolute atomic E-state index is 12.8. The summed E-state index contributed by atoms with van der Waals surface area (Å²) in [5.41, 5.74) is 0. The van der Waals surface area contributed by atoms with Gasteiger partial charge in [-0.2, -0.15) is 0 Å². The van der Waals surface area contributed by atoms with Gasteiger partial charge in [0.2, 0.25) is 0 Å². The molecule has 0 fully saturated rings. The van der Waals surface area contributed by atoms with Gasteiger partial charge in [-0.1, -0.05) is 272 Å². The second-order valence-electron chi connectivity index (χ2n) is 20.6. The molecule has 0 saturated carbocycles. The summed E-state index contributed by atoms with van der Waals surface area (Å²) >= 11 is 0. The van der Waals surface area contributed by atoms with Crippen molar-refractivity contribution in [3.8, 4) is 0 Å². The first-order chi connectivity index (χ1) is 36.5. The lowest BCUT2D eigenvalue weighted by molar-refractivity contribution is -0.167. The van der Waals surface area contributed by atoms with Crippen LogP contribution in [0.1, 0.15) is 297 Å². The lowest BCUT2D eigenvalue weighted by atomic mass is 10.0. The Labute approximate surface area is 457 Å². The molecular weight excluding hydrogens is 913 g/mol. The highest BCUT2D eigenvalue weighted by atomic mass is 16.6. The summed E-state index contributed by atoms with van der Waals surface area (Å²) in [6, 6.07) is 0. The summed E-state index contributed by atoms with van der Waals surface area (Å²) in [5.74, 6) is -0.884. The number of hydrogen-bond donors (Lipinski definition) is 0. The summed E-state index contributed by atoms with van der Waals surface area (Å²) < 4.78 is 16.8. The molecule has 0 aromatic rings. The Hall–Kier alpha value is -3.67. The fourth-order valence-electron chi connectivity index (χ4n) is 8.65. The van der Waals surface area contributed by atoms with Crippen LogP contribution in [0.2, 0.25) is 0 Å². The van der Waals surface area contributed by atoms with Gasteiger partial charge in [-0.15, -0.1) is 0 Å². The van der Waals surface area contributed by atoms with E-state index in [1.807, 2.05) is 0 Å². The first-order valence-electron chi connectivity index (χ1n) is 31.2. The van der Waals surface area contributed by atoms with E-state index in [-0.39, 0.29) is 31.1 Å². The number of hydrogen-bond acceptors (Lipinski definition) is 6. The molecule has 0 heterocycles. The van der Waals surface area contributed by atoms with Gasteiger partial charge in [-0.05, 0) is 103 Å². The highest BCUT2D eigenvalue weighted by Crippen LogP contribution is 2.16. The molecule has 0 saturated heterocycles. The molecule has 0 spiro atoms. The molecule has 74 heavy (non-hydrogen) atoms. The van der Waals surface area contributed by atoms with Crippen molar-refractivity contribution in [3.05, 3.63) is 97.2 Å². The van der Waals surface area contributed by atoms with E-state index in [9.17, 15) is 14.4 Å². The van der Waals surface area contributed by atoms with Gasteiger partial charge in [0.15, 0.2) is 6.10 Å². The fraction of sp³-hybridized carbons (Fsp3) is 0.721. The highest BCUT2D eigenvalue weighted by Gasteiger charge is 2.19. The van der Waals surface area contributed by atoms with Crippen molar-refractivity contribution in [2.45, 2.75) is 303 Å². The molecule has 0 N–H and O–H groups in total. The highest BCUT2D eigenvalue weighted by molar-refractivity contribution is 5.71. The molecule has 6 heteroatoms. The van der Waals surface area contributed by atoms with Gasteiger partial charge < -0.3 is 14.2 Å². The minimum Gasteiger partial charge on any atom is -0.462 e. The van der Waals surface area contributed by atoms with Crippen LogP contribution in [0.15, 0.2) is 97.2 Å². The minimum atomic E-state index is -0.777. The van der Waals surface area contributed by atoms with Crippen LogP contribution in [0.3, 0.4) is 0 Å². The molecule has 0 rings (SSSR count). The SMILES string of the molecule is CC/C=C\C/C=C\C/C=C\C/C=C\C/C=C\C/C=C\C/C=C\CCCCCCCCCCCCCCCC(=O)OCC(COC(=O)CCCCCCCCCCC)OC(=O)CCCCCCC/C=C\CCCCC. The third-order valence-corrected chi connectivity index (χ3v) is 13.3. The van der Waals surface area contributed by atoms with Crippen molar-refractivity contribution in [2.24, 2.45) is 0 Å². The van der Waals surface area contributed by atoms with Crippen LogP contribution in [0, 0.1) is 0 Å². The third-order valence-electron chi connectivity index (χ3n) is 13.3. The van der Waals surface area contributed by atoms with Crippen molar-refractivity contribution < 1.29 is 28.6 Å². The van der Waals surface area contributed by atoms with E-state index in [0.717, 1.165) is 116 Å². The predicted molar refractivity (Wildman–Crippen MR) is 320 cm³/mol. The van der Waals surface area contributed by atoms with Crippen molar-refractivity contribution in [1.82, 2.24) is 0 Å². The van der Waals surface area contributed by atoms with Crippen LogP contribution < -0.4 is 0 Å². The molecule has 0 amide bonds. The first-order valence-corrected chi connectivity index (χ1v) is 31.2. The average molecular weight is 1030 g/mol. The monoisotopic (exact) mass is 1030 g/mol. The summed E-state index contributed by atoms with van der Waals surface area (Å²) in [5, 5.41) is 0. The number of esters is 3. The first kappa shape index (κ1) is 70.3. The average Bonchev–Trinajstić information content (AvgIpc) is 3.40. The molecular formula is C68H116O6. The standard InChI is InChI=1S/C68H116O6/c1-4-7-10-13-16-19-21-23-24-25-26-27-28-29-30-31-32-33-34-35-36-37-38-39-40-41-42-43-44-45-47-49-52-55-58-61-67(70)73-64-65(63-72-66(69)60-57-54-51-48-18-15-12-9-6-3)74-68(71)62-59-56-53-50-46-22-20-17-14-11-8-5-2/h7,10,16-17,19-20,23-24,26-27,29-30,32-33,35-36,65H,4-6,8-9,11-15,18,21-22,25,28,31,34,37-64H2,1-3H3/b10-7-,19-16-,20-17-,24-23-,27-26-,30-29-,33-32-,36-35-. The van der Waals surface area contributed by atoms with Gasteiger partial charge in [0.1, 0.15) is 13.2 Å². The summed E-state index contributed by atoms with van der Waals surface area (Å²) in [6.45, 7) is 6.48. The number of rotatable bonds is 56. The maximum atomic E-state index is 12.8. The number of carbonyl (C=O) groups excluding carboxylic acids is 3. The van der Waals surface area contributed by atoms with E-state index in [1.54, 1.807) is 0 Å². The molecule has 6 nitrogen and oxygen atoms in total. The zero-order valence-corrected chi connectivity index (χ0v) is 48.6. The normalized spacial score (nSPS) is 12.7. The molecule has 0 aromatic carbocycles. The predicted octanol–water partition coefficient (Wildman–Crippen LogP) is 21.3. The number of allylic oxidation sites excluding steroid dienone is 16. The van der Waals surface area contributed by atoms with E-state index in [0.29, 0.717) is 19.3 Å². The van der Waals surface area contributed by atoms with Gasteiger partial charge >= 0.3 is 17.9 Å². The van der Waals surface area contributed by atoms with E-state index < -0.39 is 6.10 Å². The zero-order chi connectivity index (χ0) is 53.6. The Bertz CT molecular complexity index is 1460. The topological polar surface area (TPSA) is 78.9 Å². The van der Waals surface area contributed by atoms with E-state index >= 15 is 0 Å². The van der Waals surface area contributed by atoms with Crippen molar-refractivity contribution >= 4 is 17.9 Å². The lowest BCUT2D eigenvalue weighted by Gasteiger charge is -2.18. The molecule has 0 aliphatic heterocycles. The Morgan fingerprint density at radius 3 is 0.865 bits per heavy atom. The van der Waals surface area contributed by atoms with Crippen molar-refractivity contribution in [3.63, 3.8) is 0 Å². The van der Waals surface area contributed by atoms with Crippen molar-refractivity contribution in [2.75, 3.05) is 13.2 Å². The molecule has 0 radical (unpaired) electrons. The van der Waals surface area contributed by atoms with E-state index in [4.69, 9.17) is 14.2 Å². The summed E-state index contributed by atoms with van der Waals surface area (Å²) in [6.07, 6.45) is 82.9. The number of ether oxygens (including phenoxy) is 3. The fourth-order valence-corrected chi connectivity index (χ4v) is 8.65. The third kappa shape index (κ3) is 59.2. The Morgan fingerprint density at radius 1 is 0.284 bits per heavy atom. The molecule has 1 unspecified atom stereocenters. The van der Waals surface area contributed by atoms with Gasteiger partial charge in [-0.25, -0.2) is 0 Å². The van der Waals surface area contributed by atoms with Crippen LogP contribution in [0.25, 0.3) is 0 Å². The Balaban J connectivity index is 4.05. The lowest BCUT2D eigenvalue weighted by Crippen LogP contribution is -2.30. The second kappa shape index (κ2) is 61.9. The van der Waals surface area contributed by atoms with Gasteiger partial charge in [-0.3, -0.25) is 14.4 Å². The van der Waals surface area contributed by atoms with Gasteiger partial charge in [0, 0.05) is 19.3 Å². The van der Waals surface area contributed by atoms with Crippen LogP contribution >= 0.6 is 0 Å². The molecule has 0 aliphatic rings. The Kier molecular flexibility index (Phi) is 58.8. The summed E-state index contributed by atoms with van der Waals surface area (Å²) in [7, 11) is 0. The smallest absolute Gasteiger partial charge is 0.306 e. The van der Waals surface area contributed by atoms with Crippen molar-refractivity contribution in [1.29, 1.82) is 0 Å². The van der Waals surface area contributed by atoms with E-state index in [1.165, 1.54) is 141 Å². The minimum absolute atomic E-state index is 0.0770. The quantitative estimate of drug-likeness (QED) is 0.0261. The zero-order valence-electron chi connectivity index (χ0n) is 48.6. The molecule has 0 bridgehead atoms. The van der Waals surface area contributed by atoms with Crippen LogP contribution in [0.4, 0.5) is 0 Å². The van der Waals surface area contributed by atoms with E-state index in [2.05, 4.69) is 118 Å². The molecule has 1 atom stereocenters. The second-order valence-corrected chi connectivity index (χ2v) is 20.6. The number of carbonyl (C=O) groups is 3. The van der Waals surface area contributed by atoms with Crippen LogP contribution in [0.5, 0.6) is 0 Å².